The van der Waals surface area contributed by atoms with E-state index in [2.05, 4.69) is 20.1 Å². The second-order valence-electron chi connectivity index (χ2n) is 5.87. The van der Waals surface area contributed by atoms with Gasteiger partial charge in [0.1, 0.15) is 0 Å². The molecule has 5 nitrogen and oxygen atoms in total. The van der Waals surface area contributed by atoms with Crippen molar-refractivity contribution < 1.29 is 4.79 Å². The minimum Gasteiger partial charge on any atom is -0.346 e. The molecule has 1 atom stereocenters. The Hall–Kier alpha value is -1.92. The van der Waals surface area contributed by atoms with Crippen molar-refractivity contribution in [1.82, 2.24) is 9.88 Å². The van der Waals surface area contributed by atoms with Crippen LogP contribution < -0.4 is 10.2 Å². The summed E-state index contributed by atoms with van der Waals surface area (Å²) >= 11 is 1.67. The SMILES string of the molecule is Cc1ccc(NC(=O)[C@H](C)N2CCN(c3nccs3)CC2)cc1. The number of carbonyl (C=O) groups excluding carboxylic acids is 1. The molecule has 2 aromatic rings. The normalized spacial score (nSPS) is 17.0. The number of nitrogens with one attached hydrogen (secondary N) is 1. The second kappa shape index (κ2) is 7.10. The number of amides is 1. The van der Waals surface area contributed by atoms with E-state index in [1.54, 1.807) is 11.3 Å². The average Bonchev–Trinajstić information content (AvgIpc) is 3.11. The molecule has 1 saturated heterocycles. The molecule has 23 heavy (non-hydrogen) atoms. The van der Waals surface area contributed by atoms with Gasteiger partial charge >= 0.3 is 0 Å². The summed E-state index contributed by atoms with van der Waals surface area (Å²) in [7, 11) is 0. The molecule has 0 spiro atoms. The van der Waals surface area contributed by atoms with Gasteiger partial charge in [-0.1, -0.05) is 17.7 Å². The van der Waals surface area contributed by atoms with Crippen LogP contribution in [0.15, 0.2) is 35.8 Å². The summed E-state index contributed by atoms with van der Waals surface area (Å²) < 4.78 is 0. The lowest BCUT2D eigenvalue weighted by Gasteiger charge is -2.37. The molecule has 122 valence electrons. The molecule has 0 bridgehead atoms. The smallest absolute Gasteiger partial charge is 0.241 e. The Balaban J connectivity index is 1.53. The largest absolute Gasteiger partial charge is 0.346 e. The maximum Gasteiger partial charge on any atom is 0.241 e. The van der Waals surface area contributed by atoms with Crippen LogP contribution in [-0.2, 0) is 4.79 Å². The zero-order valence-corrected chi connectivity index (χ0v) is 14.3. The van der Waals surface area contributed by atoms with E-state index in [9.17, 15) is 4.79 Å². The molecular formula is C17H22N4OS. The lowest BCUT2D eigenvalue weighted by molar-refractivity contribution is -0.120. The first-order valence-electron chi connectivity index (χ1n) is 7.89. The molecule has 1 aliphatic rings. The molecule has 1 amide bonds. The van der Waals surface area contributed by atoms with Crippen LogP contribution in [0.25, 0.3) is 0 Å². The van der Waals surface area contributed by atoms with Crippen LogP contribution >= 0.6 is 11.3 Å². The van der Waals surface area contributed by atoms with Gasteiger partial charge < -0.3 is 10.2 Å². The molecule has 0 radical (unpaired) electrons. The number of hydrogen-bond donors (Lipinski definition) is 1. The number of hydrogen-bond acceptors (Lipinski definition) is 5. The number of nitrogens with zero attached hydrogens (tertiary/aromatic N) is 3. The van der Waals surface area contributed by atoms with Gasteiger partial charge in [0.2, 0.25) is 5.91 Å². The molecular weight excluding hydrogens is 308 g/mol. The third-order valence-corrected chi connectivity index (χ3v) is 5.08. The van der Waals surface area contributed by atoms with Gasteiger partial charge in [-0.25, -0.2) is 4.98 Å². The first kappa shape index (κ1) is 16.0. The molecule has 0 aliphatic carbocycles. The Kier molecular flexibility index (Phi) is 4.93. The van der Waals surface area contributed by atoms with Crippen LogP contribution in [0.2, 0.25) is 0 Å². The molecule has 1 aromatic carbocycles. The molecule has 6 heteroatoms. The Labute approximate surface area is 140 Å². The lowest BCUT2D eigenvalue weighted by Crippen LogP contribution is -2.52. The minimum absolute atomic E-state index is 0.0524. The lowest BCUT2D eigenvalue weighted by atomic mass is 10.2. The van der Waals surface area contributed by atoms with Gasteiger partial charge in [0.25, 0.3) is 0 Å². The number of benzene rings is 1. The van der Waals surface area contributed by atoms with Gasteiger partial charge in [-0.05, 0) is 26.0 Å². The van der Waals surface area contributed by atoms with E-state index in [0.717, 1.165) is 37.0 Å². The molecule has 2 heterocycles. The number of aryl methyl sites for hydroxylation is 1. The number of rotatable bonds is 4. The van der Waals surface area contributed by atoms with Crippen LogP contribution in [-0.4, -0.2) is 48.0 Å². The highest BCUT2D eigenvalue weighted by atomic mass is 32.1. The average molecular weight is 330 g/mol. The van der Waals surface area contributed by atoms with Gasteiger partial charge in [-0.3, -0.25) is 9.69 Å². The van der Waals surface area contributed by atoms with Crippen molar-refractivity contribution in [2.24, 2.45) is 0 Å². The highest BCUT2D eigenvalue weighted by Crippen LogP contribution is 2.20. The Morgan fingerprint density at radius 1 is 1.22 bits per heavy atom. The van der Waals surface area contributed by atoms with E-state index in [4.69, 9.17) is 0 Å². The predicted molar refractivity (Wildman–Crippen MR) is 95.2 cm³/mol. The molecule has 1 aliphatic heterocycles. The monoisotopic (exact) mass is 330 g/mol. The van der Waals surface area contributed by atoms with E-state index in [-0.39, 0.29) is 11.9 Å². The summed E-state index contributed by atoms with van der Waals surface area (Å²) in [5.41, 5.74) is 2.04. The van der Waals surface area contributed by atoms with Crippen LogP contribution in [0.5, 0.6) is 0 Å². The van der Waals surface area contributed by atoms with Gasteiger partial charge in [-0.2, -0.15) is 0 Å². The summed E-state index contributed by atoms with van der Waals surface area (Å²) in [6, 6.07) is 7.77. The van der Waals surface area contributed by atoms with Gasteiger partial charge in [-0.15, -0.1) is 11.3 Å². The number of anilines is 2. The predicted octanol–water partition coefficient (Wildman–Crippen LogP) is 2.60. The summed E-state index contributed by atoms with van der Waals surface area (Å²) in [4.78, 5) is 21.3. The van der Waals surface area contributed by atoms with Gasteiger partial charge in [0.05, 0.1) is 6.04 Å². The fourth-order valence-electron chi connectivity index (χ4n) is 2.72. The summed E-state index contributed by atoms with van der Waals surface area (Å²) in [5, 5.41) is 6.07. The Bertz CT molecular complexity index is 633. The van der Waals surface area contributed by atoms with Gasteiger partial charge in [0.15, 0.2) is 5.13 Å². The number of aromatic nitrogens is 1. The maximum absolute atomic E-state index is 12.4. The van der Waals surface area contributed by atoms with Crippen LogP contribution in [0.1, 0.15) is 12.5 Å². The zero-order chi connectivity index (χ0) is 16.2. The first-order chi connectivity index (χ1) is 11.1. The van der Waals surface area contributed by atoms with Crippen molar-refractivity contribution in [2.75, 3.05) is 36.4 Å². The van der Waals surface area contributed by atoms with Gasteiger partial charge in [0, 0.05) is 43.4 Å². The van der Waals surface area contributed by atoms with E-state index >= 15 is 0 Å². The number of carbonyl (C=O) groups is 1. The van der Waals surface area contributed by atoms with Crippen molar-refractivity contribution in [1.29, 1.82) is 0 Å². The number of piperazine rings is 1. The van der Waals surface area contributed by atoms with Crippen molar-refractivity contribution >= 4 is 28.1 Å². The summed E-state index contributed by atoms with van der Waals surface area (Å²) in [6.45, 7) is 7.59. The zero-order valence-electron chi connectivity index (χ0n) is 13.5. The van der Waals surface area contributed by atoms with E-state index < -0.39 is 0 Å². The fourth-order valence-corrected chi connectivity index (χ4v) is 3.42. The fraction of sp³-hybridized carbons (Fsp3) is 0.412. The molecule has 1 N–H and O–H groups in total. The van der Waals surface area contributed by atoms with E-state index in [1.807, 2.05) is 49.7 Å². The van der Waals surface area contributed by atoms with Crippen molar-refractivity contribution in [3.63, 3.8) is 0 Å². The Morgan fingerprint density at radius 3 is 2.52 bits per heavy atom. The highest BCUT2D eigenvalue weighted by Gasteiger charge is 2.26. The molecule has 1 fully saturated rings. The van der Waals surface area contributed by atoms with Crippen molar-refractivity contribution in [3.8, 4) is 0 Å². The first-order valence-corrected chi connectivity index (χ1v) is 8.77. The van der Waals surface area contributed by atoms with Crippen molar-refractivity contribution in [2.45, 2.75) is 19.9 Å². The molecule has 0 unspecified atom stereocenters. The van der Waals surface area contributed by atoms with E-state index in [1.165, 1.54) is 5.56 Å². The minimum atomic E-state index is -0.130. The molecule has 3 rings (SSSR count). The third-order valence-electron chi connectivity index (χ3n) is 4.25. The number of thiazole rings is 1. The maximum atomic E-state index is 12.4. The van der Waals surface area contributed by atoms with Crippen molar-refractivity contribution in [3.05, 3.63) is 41.4 Å². The van der Waals surface area contributed by atoms with Crippen LogP contribution in [0.3, 0.4) is 0 Å². The second-order valence-corrected chi connectivity index (χ2v) is 6.74. The van der Waals surface area contributed by atoms with Crippen LogP contribution in [0, 0.1) is 6.92 Å². The van der Waals surface area contributed by atoms with Crippen LogP contribution in [0.4, 0.5) is 10.8 Å². The quantitative estimate of drug-likeness (QED) is 0.936. The molecule has 1 aromatic heterocycles. The highest BCUT2D eigenvalue weighted by molar-refractivity contribution is 7.13. The Morgan fingerprint density at radius 2 is 1.91 bits per heavy atom. The molecule has 0 saturated carbocycles. The standard InChI is InChI=1S/C17H22N4OS/c1-13-3-5-15(6-4-13)19-16(22)14(2)20-8-10-21(11-9-20)17-18-7-12-23-17/h3-7,12,14H,8-11H2,1-2H3,(H,19,22)/t14-/m0/s1. The third kappa shape index (κ3) is 3.89. The van der Waals surface area contributed by atoms with E-state index in [0.29, 0.717) is 0 Å². The summed E-state index contributed by atoms with van der Waals surface area (Å²) in [5.74, 6) is 0.0524. The summed E-state index contributed by atoms with van der Waals surface area (Å²) in [6.07, 6.45) is 1.84. The topological polar surface area (TPSA) is 48.5 Å².